The van der Waals surface area contributed by atoms with Gasteiger partial charge in [-0.3, -0.25) is 4.79 Å². The Kier molecular flexibility index (Phi) is 1.46. The first-order valence-electron chi connectivity index (χ1n) is 5.18. The Bertz CT molecular complexity index is 431. The molecule has 2 N–H and O–H groups in total. The van der Waals surface area contributed by atoms with Crippen molar-refractivity contribution in [2.24, 2.45) is 11.1 Å². The Hall–Kier alpha value is -1.09. The predicted octanol–water partition coefficient (Wildman–Crippen LogP) is 1.03. The minimum absolute atomic E-state index is 0.0742. The van der Waals surface area contributed by atoms with Crippen molar-refractivity contribution in [1.82, 2.24) is 4.57 Å². The van der Waals surface area contributed by atoms with Crippen molar-refractivity contribution < 1.29 is 0 Å². The van der Waals surface area contributed by atoms with E-state index >= 15 is 0 Å². The fraction of sp³-hybridized carbons (Fsp3) is 0.545. The van der Waals surface area contributed by atoms with Gasteiger partial charge in [-0.2, -0.15) is 0 Å². The van der Waals surface area contributed by atoms with E-state index in [1.807, 2.05) is 16.7 Å². The molecule has 1 aliphatic carbocycles. The zero-order valence-corrected chi connectivity index (χ0v) is 8.07. The molecule has 1 spiro atoms. The SMILES string of the molecule is NC1c2cccc(=O)n2CCC12CC2. The van der Waals surface area contributed by atoms with Crippen molar-refractivity contribution in [2.45, 2.75) is 31.8 Å². The Morgan fingerprint density at radius 3 is 2.86 bits per heavy atom. The molecule has 74 valence electrons. The van der Waals surface area contributed by atoms with Crippen molar-refractivity contribution >= 4 is 0 Å². The molecular weight excluding hydrogens is 176 g/mol. The maximum Gasteiger partial charge on any atom is 0.250 e. The van der Waals surface area contributed by atoms with Crippen molar-refractivity contribution in [3.05, 3.63) is 34.2 Å². The van der Waals surface area contributed by atoms with Gasteiger partial charge in [-0.05, 0) is 30.7 Å². The second-order valence-electron chi connectivity index (χ2n) is 4.53. The van der Waals surface area contributed by atoms with Crippen LogP contribution in [0.25, 0.3) is 0 Å². The molecule has 0 radical (unpaired) electrons. The number of hydrogen-bond donors (Lipinski definition) is 1. The smallest absolute Gasteiger partial charge is 0.250 e. The molecule has 1 atom stereocenters. The number of fused-ring (bicyclic) bond motifs is 1. The standard InChI is InChI=1S/C11H14N2O/c12-10-8-2-1-3-9(14)13(8)7-6-11(10)4-5-11/h1-3,10H,4-7,12H2. The lowest BCUT2D eigenvalue weighted by molar-refractivity contribution is 0.293. The van der Waals surface area contributed by atoms with Gasteiger partial charge in [-0.15, -0.1) is 0 Å². The molecule has 1 saturated carbocycles. The van der Waals surface area contributed by atoms with Gasteiger partial charge in [-0.25, -0.2) is 0 Å². The molecular formula is C11H14N2O. The van der Waals surface area contributed by atoms with Crippen LogP contribution < -0.4 is 11.3 Å². The van der Waals surface area contributed by atoms with Crippen molar-refractivity contribution in [3.63, 3.8) is 0 Å². The van der Waals surface area contributed by atoms with E-state index < -0.39 is 0 Å². The third-order valence-corrected chi connectivity index (χ3v) is 3.79. The van der Waals surface area contributed by atoms with Crippen LogP contribution in [0.5, 0.6) is 0 Å². The van der Waals surface area contributed by atoms with E-state index in [0.717, 1.165) is 18.7 Å². The molecule has 0 saturated heterocycles. The summed E-state index contributed by atoms with van der Waals surface area (Å²) < 4.78 is 1.83. The number of nitrogens with zero attached hydrogens (tertiary/aromatic N) is 1. The highest BCUT2D eigenvalue weighted by Gasteiger charge is 2.50. The Morgan fingerprint density at radius 1 is 1.36 bits per heavy atom. The van der Waals surface area contributed by atoms with Crippen LogP contribution in [0.4, 0.5) is 0 Å². The topological polar surface area (TPSA) is 48.0 Å². The second-order valence-corrected chi connectivity index (χ2v) is 4.53. The van der Waals surface area contributed by atoms with E-state index in [0.29, 0.717) is 5.41 Å². The van der Waals surface area contributed by atoms with E-state index in [1.165, 1.54) is 12.8 Å². The zero-order chi connectivity index (χ0) is 9.76. The number of pyridine rings is 1. The van der Waals surface area contributed by atoms with Crippen molar-refractivity contribution in [1.29, 1.82) is 0 Å². The first-order valence-corrected chi connectivity index (χ1v) is 5.18. The molecule has 2 heterocycles. The van der Waals surface area contributed by atoms with Gasteiger partial charge in [0, 0.05) is 18.3 Å². The largest absolute Gasteiger partial charge is 0.322 e. The molecule has 0 amide bonds. The molecule has 1 fully saturated rings. The van der Waals surface area contributed by atoms with Crippen LogP contribution in [-0.4, -0.2) is 4.57 Å². The fourth-order valence-electron chi connectivity index (χ4n) is 2.57. The number of rotatable bonds is 0. The van der Waals surface area contributed by atoms with Gasteiger partial charge in [0.25, 0.3) is 5.56 Å². The third-order valence-electron chi connectivity index (χ3n) is 3.79. The van der Waals surface area contributed by atoms with Crippen LogP contribution in [0, 0.1) is 5.41 Å². The monoisotopic (exact) mass is 190 g/mol. The summed E-state index contributed by atoms with van der Waals surface area (Å²) in [7, 11) is 0. The second kappa shape index (κ2) is 2.48. The Morgan fingerprint density at radius 2 is 2.14 bits per heavy atom. The summed E-state index contributed by atoms with van der Waals surface area (Å²) >= 11 is 0. The summed E-state index contributed by atoms with van der Waals surface area (Å²) in [5, 5.41) is 0. The van der Waals surface area contributed by atoms with Crippen LogP contribution >= 0.6 is 0 Å². The summed E-state index contributed by atoms with van der Waals surface area (Å²) in [6.07, 6.45) is 3.54. The van der Waals surface area contributed by atoms with Gasteiger partial charge in [0.1, 0.15) is 0 Å². The third kappa shape index (κ3) is 0.932. The molecule has 0 aromatic carbocycles. The highest BCUT2D eigenvalue weighted by Crippen LogP contribution is 2.58. The molecule has 3 heteroatoms. The van der Waals surface area contributed by atoms with Gasteiger partial charge >= 0.3 is 0 Å². The summed E-state index contributed by atoms with van der Waals surface area (Å²) in [5.41, 5.74) is 7.66. The Balaban J connectivity index is 2.16. The number of nitrogens with two attached hydrogens (primary N) is 1. The fourth-order valence-corrected chi connectivity index (χ4v) is 2.57. The first-order chi connectivity index (χ1) is 6.73. The van der Waals surface area contributed by atoms with Gasteiger partial charge in [0.2, 0.25) is 0 Å². The highest BCUT2D eigenvalue weighted by atomic mass is 16.1. The van der Waals surface area contributed by atoms with Gasteiger partial charge in [0.15, 0.2) is 0 Å². The Labute approximate surface area is 82.5 Å². The van der Waals surface area contributed by atoms with E-state index in [4.69, 9.17) is 5.73 Å². The minimum atomic E-state index is 0.0742. The van der Waals surface area contributed by atoms with Crippen LogP contribution in [0.3, 0.4) is 0 Å². The summed E-state index contributed by atoms with van der Waals surface area (Å²) in [5.74, 6) is 0. The molecule has 1 aromatic heterocycles. The lowest BCUT2D eigenvalue weighted by atomic mass is 9.87. The van der Waals surface area contributed by atoms with Crippen LogP contribution in [0.1, 0.15) is 31.0 Å². The normalized spacial score (nSPS) is 27.4. The maximum atomic E-state index is 11.5. The van der Waals surface area contributed by atoms with Gasteiger partial charge in [0.05, 0.1) is 6.04 Å². The lowest BCUT2D eigenvalue weighted by Gasteiger charge is -2.31. The van der Waals surface area contributed by atoms with Crippen LogP contribution in [0.15, 0.2) is 23.0 Å². The summed E-state index contributed by atoms with van der Waals surface area (Å²) in [4.78, 5) is 11.5. The quantitative estimate of drug-likeness (QED) is 0.664. The molecule has 3 nitrogen and oxygen atoms in total. The number of hydrogen-bond acceptors (Lipinski definition) is 2. The molecule has 1 unspecified atom stereocenters. The van der Waals surface area contributed by atoms with Crippen molar-refractivity contribution in [2.75, 3.05) is 0 Å². The molecule has 1 aliphatic heterocycles. The average Bonchev–Trinajstić information content (AvgIpc) is 2.94. The molecule has 14 heavy (non-hydrogen) atoms. The molecule has 0 bridgehead atoms. The average molecular weight is 190 g/mol. The highest BCUT2D eigenvalue weighted by molar-refractivity contribution is 5.20. The molecule has 2 aliphatic rings. The van der Waals surface area contributed by atoms with Gasteiger partial charge in [-0.1, -0.05) is 6.07 Å². The molecule has 1 aromatic rings. The maximum absolute atomic E-state index is 11.5. The van der Waals surface area contributed by atoms with Crippen molar-refractivity contribution in [3.8, 4) is 0 Å². The van der Waals surface area contributed by atoms with E-state index in [2.05, 4.69) is 0 Å². The van der Waals surface area contributed by atoms with E-state index in [-0.39, 0.29) is 11.6 Å². The summed E-state index contributed by atoms with van der Waals surface area (Å²) in [6, 6.07) is 5.49. The first kappa shape index (κ1) is 8.24. The summed E-state index contributed by atoms with van der Waals surface area (Å²) in [6.45, 7) is 0.850. The lowest BCUT2D eigenvalue weighted by Crippen LogP contribution is -2.37. The van der Waals surface area contributed by atoms with Gasteiger partial charge < -0.3 is 10.3 Å². The van der Waals surface area contributed by atoms with E-state index in [9.17, 15) is 4.79 Å². The van der Waals surface area contributed by atoms with Crippen LogP contribution in [-0.2, 0) is 6.54 Å². The van der Waals surface area contributed by atoms with E-state index in [1.54, 1.807) is 6.07 Å². The van der Waals surface area contributed by atoms with Crippen LogP contribution in [0.2, 0.25) is 0 Å². The molecule has 3 rings (SSSR count). The number of aromatic nitrogens is 1. The minimum Gasteiger partial charge on any atom is -0.322 e. The predicted molar refractivity (Wildman–Crippen MR) is 53.9 cm³/mol. The zero-order valence-electron chi connectivity index (χ0n) is 8.07.